The number of carbonyl (C=O) groups excluding carboxylic acids is 1. The van der Waals surface area contributed by atoms with Gasteiger partial charge < -0.3 is 9.73 Å². The van der Waals surface area contributed by atoms with Crippen LogP contribution in [0.2, 0.25) is 0 Å². The summed E-state index contributed by atoms with van der Waals surface area (Å²) in [5.74, 6) is 1.16. The van der Waals surface area contributed by atoms with Crippen molar-refractivity contribution in [2.75, 3.05) is 0 Å². The number of hydrogen-bond acceptors (Lipinski definition) is 2. The van der Waals surface area contributed by atoms with Crippen LogP contribution in [0.4, 0.5) is 4.39 Å². The van der Waals surface area contributed by atoms with Gasteiger partial charge >= 0.3 is 0 Å². The van der Waals surface area contributed by atoms with E-state index in [2.05, 4.69) is 12.2 Å². The Morgan fingerprint density at radius 2 is 1.77 bits per heavy atom. The molecule has 4 heteroatoms. The molecule has 1 aromatic carbocycles. The summed E-state index contributed by atoms with van der Waals surface area (Å²) in [6.45, 7) is 2.25. The first kappa shape index (κ1) is 14.8. The molecule has 0 radical (unpaired) electrons. The van der Waals surface area contributed by atoms with E-state index in [1.165, 1.54) is 12.1 Å². The Kier molecular flexibility index (Phi) is 4.27. The molecule has 0 bridgehead atoms. The van der Waals surface area contributed by atoms with Gasteiger partial charge in [0, 0.05) is 11.6 Å². The second-order valence-electron chi connectivity index (χ2n) is 6.10. The van der Waals surface area contributed by atoms with Crippen molar-refractivity contribution >= 4 is 5.91 Å². The maximum Gasteiger partial charge on any atom is 0.287 e. The molecular formula is C18H20FNO2. The molecule has 1 fully saturated rings. The maximum atomic E-state index is 12.9. The predicted molar refractivity (Wildman–Crippen MR) is 83.0 cm³/mol. The number of rotatable bonds is 3. The molecule has 1 aliphatic rings. The van der Waals surface area contributed by atoms with E-state index in [0.717, 1.165) is 37.2 Å². The van der Waals surface area contributed by atoms with E-state index in [1.54, 1.807) is 24.3 Å². The van der Waals surface area contributed by atoms with E-state index in [4.69, 9.17) is 4.42 Å². The zero-order valence-corrected chi connectivity index (χ0v) is 12.6. The first-order valence-electron chi connectivity index (χ1n) is 7.78. The molecule has 3 rings (SSSR count). The number of halogens is 1. The fourth-order valence-electron chi connectivity index (χ4n) is 2.89. The third-order valence-corrected chi connectivity index (χ3v) is 4.31. The molecular weight excluding hydrogens is 281 g/mol. The van der Waals surface area contributed by atoms with Gasteiger partial charge in [-0.25, -0.2) is 4.39 Å². The van der Waals surface area contributed by atoms with E-state index >= 15 is 0 Å². The van der Waals surface area contributed by atoms with Crippen molar-refractivity contribution in [2.45, 2.75) is 38.6 Å². The zero-order valence-electron chi connectivity index (χ0n) is 12.6. The lowest BCUT2D eigenvalue weighted by Gasteiger charge is -2.26. The second kappa shape index (κ2) is 6.34. The molecule has 1 aliphatic carbocycles. The van der Waals surface area contributed by atoms with E-state index in [9.17, 15) is 9.18 Å². The summed E-state index contributed by atoms with van der Waals surface area (Å²) in [4.78, 5) is 12.2. The van der Waals surface area contributed by atoms with Crippen LogP contribution in [0.25, 0.3) is 11.3 Å². The van der Waals surface area contributed by atoms with Gasteiger partial charge in [0.05, 0.1) is 0 Å². The van der Waals surface area contributed by atoms with E-state index < -0.39 is 0 Å². The average Bonchev–Trinajstić information content (AvgIpc) is 3.00. The van der Waals surface area contributed by atoms with Gasteiger partial charge in [-0.2, -0.15) is 0 Å². The van der Waals surface area contributed by atoms with Crippen LogP contribution in [0.15, 0.2) is 40.8 Å². The number of furan rings is 1. The summed E-state index contributed by atoms with van der Waals surface area (Å²) in [5.41, 5.74) is 0.756. The molecule has 0 saturated heterocycles. The van der Waals surface area contributed by atoms with Gasteiger partial charge in [0.25, 0.3) is 5.91 Å². The van der Waals surface area contributed by atoms with Crippen LogP contribution in [-0.2, 0) is 0 Å². The summed E-state index contributed by atoms with van der Waals surface area (Å²) in [5, 5.41) is 3.04. The molecule has 1 heterocycles. The van der Waals surface area contributed by atoms with Crippen molar-refractivity contribution in [2.24, 2.45) is 5.92 Å². The Morgan fingerprint density at radius 1 is 1.09 bits per heavy atom. The summed E-state index contributed by atoms with van der Waals surface area (Å²) < 4.78 is 18.5. The summed E-state index contributed by atoms with van der Waals surface area (Å²) in [7, 11) is 0. The number of benzene rings is 1. The van der Waals surface area contributed by atoms with Crippen LogP contribution in [-0.4, -0.2) is 11.9 Å². The van der Waals surface area contributed by atoms with Crippen LogP contribution < -0.4 is 5.32 Å². The normalized spacial score (nSPS) is 21.5. The van der Waals surface area contributed by atoms with Crippen LogP contribution in [0, 0.1) is 11.7 Å². The Hall–Kier alpha value is -2.10. The summed E-state index contributed by atoms with van der Waals surface area (Å²) >= 11 is 0. The van der Waals surface area contributed by atoms with Crippen LogP contribution in [0.1, 0.15) is 43.2 Å². The van der Waals surface area contributed by atoms with Gasteiger partial charge in [-0.3, -0.25) is 4.79 Å². The summed E-state index contributed by atoms with van der Waals surface area (Å²) in [6.07, 6.45) is 4.37. The molecule has 1 saturated carbocycles. The number of amides is 1. The fraction of sp³-hybridized carbons (Fsp3) is 0.389. The monoisotopic (exact) mass is 301 g/mol. The lowest BCUT2D eigenvalue weighted by molar-refractivity contribution is 0.0895. The molecule has 0 atom stereocenters. The largest absolute Gasteiger partial charge is 0.451 e. The molecule has 22 heavy (non-hydrogen) atoms. The third kappa shape index (κ3) is 3.38. The van der Waals surface area contributed by atoms with Gasteiger partial charge in [-0.05, 0) is 68.0 Å². The lowest BCUT2D eigenvalue weighted by Crippen LogP contribution is -2.37. The Labute approximate surface area is 129 Å². The van der Waals surface area contributed by atoms with Crippen molar-refractivity contribution < 1.29 is 13.6 Å². The Bertz CT molecular complexity index is 639. The first-order chi connectivity index (χ1) is 10.6. The van der Waals surface area contributed by atoms with Crippen molar-refractivity contribution in [3.63, 3.8) is 0 Å². The topological polar surface area (TPSA) is 42.2 Å². The van der Waals surface area contributed by atoms with Crippen molar-refractivity contribution in [3.8, 4) is 11.3 Å². The van der Waals surface area contributed by atoms with Crippen LogP contribution in [0.5, 0.6) is 0 Å². The maximum absolute atomic E-state index is 12.9. The van der Waals surface area contributed by atoms with Crippen molar-refractivity contribution in [3.05, 3.63) is 48.0 Å². The van der Waals surface area contributed by atoms with E-state index in [0.29, 0.717) is 11.5 Å². The lowest BCUT2D eigenvalue weighted by atomic mass is 9.87. The molecule has 2 aromatic rings. The molecule has 0 aliphatic heterocycles. The van der Waals surface area contributed by atoms with Gasteiger partial charge in [0.15, 0.2) is 5.76 Å². The van der Waals surface area contributed by atoms with E-state index in [1.807, 2.05) is 0 Å². The highest BCUT2D eigenvalue weighted by Crippen LogP contribution is 2.25. The molecule has 0 spiro atoms. The van der Waals surface area contributed by atoms with Gasteiger partial charge in [-0.1, -0.05) is 6.92 Å². The highest BCUT2D eigenvalue weighted by Gasteiger charge is 2.21. The molecule has 1 N–H and O–H groups in total. The minimum atomic E-state index is -0.292. The third-order valence-electron chi connectivity index (χ3n) is 4.31. The van der Waals surface area contributed by atoms with E-state index in [-0.39, 0.29) is 17.8 Å². The minimum Gasteiger partial charge on any atom is -0.451 e. The highest BCUT2D eigenvalue weighted by molar-refractivity contribution is 5.92. The van der Waals surface area contributed by atoms with Gasteiger partial charge in [0.2, 0.25) is 0 Å². The SMILES string of the molecule is CC1CCC(NC(=O)c2ccc(-c3ccc(F)cc3)o2)CC1. The average molecular weight is 301 g/mol. The predicted octanol–water partition coefficient (Wildman–Crippen LogP) is 4.39. The zero-order chi connectivity index (χ0) is 15.5. The molecule has 1 amide bonds. The second-order valence-corrected chi connectivity index (χ2v) is 6.10. The van der Waals surface area contributed by atoms with Gasteiger partial charge in [0.1, 0.15) is 11.6 Å². The fourth-order valence-corrected chi connectivity index (χ4v) is 2.89. The molecule has 1 aromatic heterocycles. The smallest absolute Gasteiger partial charge is 0.287 e. The quantitative estimate of drug-likeness (QED) is 0.913. The highest BCUT2D eigenvalue weighted by atomic mass is 19.1. The first-order valence-corrected chi connectivity index (χ1v) is 7.78. The Balaban J connectivity index is 1.65. The standard InChI is InChI=1S/C18H20FNO2/c1-12-2-8-15(9-3-12)20-18(21)17-11-10-16(22-17)13-4-6-14(19)7-5-13/h4-7,10-12,15H,2-3,8-9H2,1H3,(H,20,21). The number of nitrogens with one attached hydrogen (secondary N) is 1. The molecule has 3 nitrogen and oxygen atoms in total. The van der Waals surface area contributed by atoms with Crippen LogP contribution >= 0.6 is 0 Å². The van der Waals surface area contributed by atoms with Crippen molar-refractivity contribution in [1.29, 1.82) is 0 Å². The van der Waals surface area contributed by atoms with Gasteiger partial charge in [-0.15, -0.1) is 0 Å². The van der Waals surface area contributed by atoms with Crippen molar-refractivity contribution in [1.82, 2.24) is 5.32 Å². The Morgan fingerprint density at radius 3 is 2.45 bits per heavy atom. The molecule has 0 unspecified atom stereocenters. The summed E-state index contributed by atoms with van der Waals surface area (Å²) in [6, 6.07) is 9.67. The number of hydrogen-bond donors (Lipinski definition) is 1. The minimum absolute atomic E-state index is 0.173. The number of carbonyl (C=O) groups is 1. The van der Waals surface area contributed by atoms with Crippen LogP contribution in [0.3, 0.4) is 0 Å². The molecule has 116 valence electrons.